The molecule has 5 nitrogen and oxygen atoms in total. The van der Waals surface area contributed by atoms with Gasteiger partial charge in [0.15, 0.2) is 0 Å². The third kappa shape index (κ3) is 3.01. The van der Waals surface area contributed by atoms with Crippen LogP contribution in [0, 0.1) is 0 Å². The number of halogens is 1. The molecule has 1 aromatic carbocycles. The van der Waals surface area contributed by atoms with Crippen LogP contribution in [-0.2, 0) is 4.79 Å². The molecule has 0 bridgehead atoms. The molecule has 0 aromatic heterocycles. The Balaban J connectivity index is 2.28. The SMILES string of the molecule is CCN(CC)c1ccc(/C=C2/NC(=O)NC2=O)cc1Br. The molecule has 0 saturated carbocycles. The van der Waals surface area contributed by atoms with Gasteiger partial charge in [0.05, 0.1) is 5.69 Å². The molecule has 2 N–H and O–H groups in total. The lowest BCUT2D eigenvalue weighted by Crippen LogP contribution is -2.22. The third-order valence-corrected chi connectivity index (χ3v) is 3.74. The number of nitrogens with zero attached hydrogens (tertiary/aromatic N) is 1. The Labute approximate surface area is 126 Å². The standard InChI is InChI=1S/C14H16BrN3O2/c1-3-18(4-2)12-6-5-9(7-10(12)15)8-11-13(19)17-14(20)16-11/h5-8H,3-4H2,1-2H3,(H2,16,17,19,20)/b11-8+. The van der Waals surface area contributed by atoms with Gasteiger partial charge >= 0.3 is 6.03 Å². The number of hydrogen-bond acceptors (Lipinski definition) is 3. The first-order valence-electron chi connectivity index (χ1n) is 6.43. The molecule has 1 aromatic rings. The van der Waals surface area contributed by atoms with Crippen molar-refractivity contribution in [2.75, 3.05) is 18.0 Å². The van der Waals surface area contributed by atoms with Crippen molar-refractivity contribution in [1.29, 1.82) is 0 Å². The van der Waals surface area contributed by atoms with E-state index < -0.39 is 11.9 Å². The van der Waals surface area contributed by atoms with Crippen LogP contribution in [0.1, 0.15) is 19.4 Å². The molecule has 0 atom stereocenters. The summed E-state index contributed by atoms with van der Waals surface area (Å²) in [6.45, 7) is 6.05. The molecule has 0 radical (unpaired) electrons. The molecule has 6 heteroatoms. The molecule has 0 spiro atoms. The Morgan fingerprint density at radius 3 is 2.40 bits per heavy atom. The lowest BCUT2D eigenvalue weighted by atomic mass is 10.1. The molecule has 2 rings (SSSR count). The number of carbonyl (C=O) groups excluding carboxylic acids is 2. The second-order valence-electron chi connectivity index (χ2n) is 4.35. The van der Waals surface area contributed by atoms with Gasteiger partial charge in [-0.15, -0.1) is 0 Å². The van der Waals surface area contributed by atoms with Gasteiger partial charge in [-0.2, -0.15) is 0 Å². The molecule has 1 heterocycles. The van der Waals surface area contributed by atoms with Gasteiger partial charge in [0.2, 0.25) is 0 Å². The summed E-state index contributed by atoms with van der Waals surface area (Å²) in [7, 11) is 0. The number of carbonyl (C=O) groups is 2. The van der Waals surface area contributed by atoms with E-state index in [1.54, 1.807) is 6.08 Å². The molecule has 1 aliphatic rings. The van der Waals surface area contributed by atoms with E-state index >= 15 is 0 Å². The minimum Gasteiger partial charge on any atom is -0.371 e. The number of rotatable bonds is 4. The predicted octanol–water partition coefficient (Wildman–Crippen LogP) is 2.48. The van der Waals surface area contributed by atoms with Crippen molar-refractivity contribution in [2.24, 2.45) is 0 Å². The highest BCUT2D eigenvalue weighted by atomic mass is 79.9. The van der Waals surface area contributed by atoms with Crippen molar-refractivity contribution < 1.29 is 9.59 Å². The van der Waals surface area contributed by atoms with Crippen LogP contribution in [0.15, 0.2) is 28.4 Å². The van der Waals surface area contributed by atoms with Gasteiger partial charge < -0.3 is 10.2 Å². The highest BCUT2D eigenvalue weighted by Crippen LogP contribution is 2.28. The molecule has 0 unspecified atom stereocenters. The van der Waals surface area contributed by atoms with Gasteiger partial charge in [0, 0.05) is 17.6 Å². The van der Waals surface area contributed by atoms with E-state index in [2.05, 4.69) is 45.3 Å². The molecule has 3 amide bonds. The average molecular weight is 338 g/mol. The van der Waals surface area contributed by atoms with Crippen LogP contribution in [0.4, 0.5) is 10.5 Å². The number of imide groups is 1. The van der Waals surface area contributed by atoms with Crippen LogP contribution in [-0.4, -0.2) is 25.0 Å². The Morgan fingerprint density at radius 1 is 1.20 bits per heavy atom. The zero-order chi connectivity index (χ0) is 14.7. The summed E-state index contributed by atoms with van der Waals surface area (Å²) in [6.07, 6.45) is 1.65. The number of benzene rings is 1. The van der Waals surface area contributed by atoms with Gasteiger partial charge in [0.25, 0.3) is 5.91 Å². The van der Waals surface area contributed by atoms with Crippen LogP contribution in [0.2, 0.25) is 0 Å². The Morgan fingerprint density at radius 2 is 1.90 bits per heavy atom. The van der Waals surface area contributed by atoms with Crippen LogP contribution in [0.5, 0.6) is 0 Å². The van der Waals surface area contributed by atoms with E-state index in [1.165, 1.54) is 0 Å². The first kappa shape index (κ1) is 14.6. The number of urea groups is 1. The molecule has 1 fully saturated rings. The second-order valence-corrected chi connectivity index (χ2v) is 5.20. The number of nitrogens with one attached hydrogen (secondary N) is 2. The van der Waals surface area contributed by atoms with Crippen molar-refractivity contribution in [3.8, 4) is 0 Å². The van der Waals surface area contributed by atoms with Crippen LogP contribution < -0.4 is 15.5 Å². The van der Waals surface area contributed by atoms with Gasteiger partial charge in [-0.1, -0.05) is 6.07 Å². The summed E-state index contributed by atoms with van der Waals surface area (Å²) >= 11 is 3.55. The predicted molar refractivity (Wildman–Crippen MR) is 82.4 cm³/mol. The Hall–Kier alpha value is -1.82. The normalized spacial score (nSPS) is 16.2. The summed E-state index contributed by atoms with van der Waals surface area (Å²) in [6, 6.07) is 5.36. The van der Waals surface area contributed by atoms with Crippen LogP contribution in [0.3, 0.4) is 0 Å². The van der Waals surface area contributed by atoms with Gasteiger partial charge in [-0.05, 0) is 53.5 Å². The third-order valence-electron chi connectivity index (χ3n) is 3.11. The van der Waals surface area contributed by atoms with Gasteiger partial charge in [0.1, 0.15) is 5.70 Å². The van der Waals surface area contributed by atoms with Crippen LogP contribution in [0.25, 0.3) is 6.08 Å². The molecule has 106 valence electrons. The lowest BCUT2D eigenvalue weighted by Gasteiger charge is -2.22. The minimum absolute atomic E-state index is 0.262. The topological polar surface area (TPSA) is 61.4 Å². The zero-order valence-corrected chi connectivity index (χ0v) is 13.0. The van der Waals surface area contributed by atoms with Crippen molar-refractivity contribution in [1.82, 2.24) is 10.6 Å². The van der Waals surface area contributed by atoms with E-state index in [9.17, 15) is 9.59 Å². The highest BCUT2D eigenvalue weighted by Gasteiger charge is 2.22. The van der Waals surface area contributed by atoms with Crippen molar-refractivity contribution in [2.45, 2.75) is 13.8 Å². The van der Waals surface area contributed by atoms with E-state index in [0.717, 1.165) is 28.8 Å². The molecule has 1 saturated heterocycles. The highest BCUT2D eigenvalue weighted by molar-refractivity contribution is 9.10. The van der Waals surface area contributed by atoms with E-state index in [1.807, 2.05) is 18.2 Å². The van der Waals surface area contributed by atoms with E-state index in [0.29, 0.717) is 0 Å². The lowest BCUT2D eigenvalue weighted by molar-refractivity contribution is -0.115. The van der Waals surface area contributed by atoms with E-state index in [4.69, 9.17) is 0 Å². The van der Waals surface area contributed by atoms with Crippen molar-refractivity contribution >= 4 is 39.6 Å². The maximum absolute atomic E-state index is 11.5. The fraction of sp³-hybridized carbons (Fsp3) is 0.286. The number of hydrogen-bond donors (Lipinski definition) is 2. The minimum atomic E-state index is -0.486. The second kappa shape index (κ2) is 6.09. The fourth-order valence-electron chi connectivity index (χ4n) is 2.08. The summed E-state index contributed by atoms with van der Waals surface area (Å²) < 4.78 is 0.959. The van der Waals surface area contributed by atoms with Gasteiger partial charge in [-0.3, -0.25) is 10.1 Å². The average Bonchev–Trinajstić information content (AvgIpc) is 2.71. The number of amides is 3. The first-order chi connectivity index (χ1) is 9.55. The first-order valence-corrected chi connectivity index (χ1v) is 7.23. The quantitative estimate of drug-likeness (QED) is 0.655. The van der Waals surface area contributed by atoms with Gasteiger partial charge in [-0.25, -0.2) is 4.79 Å². The summed E-state index contributed by atoms with van der Waals surface area (Å²) in [5.74, 6) is -0.404. The maximum Gasteiger partial charge on any atom is 0.326 e. The zero-order valence-electron chi connectivity index (χ0n) is 11.4. The molecular formula is C14H16BrN3O2. The monoisotopic (exact) mass is 337 g/mol. The smallest absolute Gasteiger partial charge is 0.326 e. The summed E-state index contributed by atoms with van der Waals surface area (Å²) in [5, 5.41) is 4.64. The number of anilines is 1. The van der Waals surface area contributed by atoms with Crippen molar-refractivity contribution in [3.05, 3.63) is 33.9 Å². The largest absolute Gasteiger partial charge is 0.371 e. The van der Waals surface area contributed by atoms with Crippen molar-refractivity contribution in [3.63, 3.8) is 0 Å². The Kier molecular flexibility index (Phi) is 4.44. The molecule has 20 heavy (non-hydrogen) atoms. The van der Waals surface area contributed by atoms with E-state index in [-0.39, 0.29) is 5.70 Å². The molecule has 1 aliphatic heterocycles. The fourth-order valence-corrected chi connectivity index (χ4v) is 2.73. The summed E-state index contributed by atoms with van der Waals surface area (Å²) in [5.41, 5.74) is 2.22. The maximum atomic E-state index is 11.5. The molecule has 0 aliphatic carbocycles. The Bertz CT molecular complexity index is 580. The van der Waals surface area contributed by atoms with Crippen LogP contribution >= 0.6 is 15.9 Å². The summed E-state index contributed by atoms with van der Waals surface area (Å²) in [4.78, 5) is 24.7. The molecular weight excluding hydrogens is 322 g/mol.